The second-order valence-electron chi connectivity index (χ2n) is 5.72. The van der Waals surface area contributed by atoms with E-state index in [1.807, 2.05) is 29.2 Å². The average Bonchev–Trinajstić information content (AvgIpc) is 2.58. The van der Waals surface area contributed by atoms with E-state index in [1.165, 1.54) is 0 Å². The van der Waals surface area contributed by atoms with Crippen molar-refractivity contribution in [2.45, 2.75) is 25.5 Å². The summed E-state index contributed by atoms with van der Waals surface area (Å²) in [5.74, 6) is 0.364. The third-order valence-electron chi connectivity index (χ3n) is 4.15. The number of ether oxygens (including phenoxy) is 1. The number of piperidine rings is 1. The Morgan fingerprint density at radius 2 is 1.83 bits per heavy atom. The first-order valence-corrected chi connectivity index (χ1v) is 7.86. The van der Waals surface area contributed by atoms with Gasteiger partial charge in [0, 0.05) is 25.2 Å². The van der Waals surface area contributed by atoms with Crippen molar-refractivity contribution in [1.29, 1.82) is 0 Å². The molecule has 0 aromatic heterocycles. The van der Waals surface area contributed by atoms with Gasteiger partial charge in [-0.3, -0.25) is 0 Å². The number of halogens is 1. The molecule has 1 fully saturated rings. The Kier molecular flexibility index (Phi) is 4.79. The van der Waals surface area contributed by atoms with Crippen LogP contribution in [0.2, 0.25) is 0 Å². The molecule has 1 saturated heterocycles. The number of aliphatic hydroxyl groups is 1. The van der Waals surface area contributed by atoms with E-state index in [0.717, 1.165) is 0 Å². The molecule has 1 aliphatic rings. The first kappa shape index (κ1) is 15.8. The van der Waals surface area contributed by atoms with Gasteiger partial charge in [-0.15, -0.1) is 0 Å². The lowest BCUT2D eigenvalue weighted by molar-refractivity contribution is 0.145. The van der Waals surface area contributed by atoms with Crippen molar-refractivity contribution in [2.75, 3.05) is 18.0 Å². The number of hydrogen-bond donors (Lipinski definition) is 2. The van der Waals surface area contributed by atoms with Gasteiger partial charge in [0.1, 0.15) is 5.75 Å². The Hall–Kier alpha value is -2.11. The zero-order valence-electron chi connectivity index (χ0n) is 12.9. The number of anilines is 1. The minimum atomic E-state index is -0.395. The van der Waals surface area contributed by atoms with Gasteiger partial charge in [0.05, 0.1) is 11.8 Å². The summed E-state index contributed by atoms with van der Waals surface area (Å²) >= 11 is 0. The average molecular weight is 316 g/mol. The third-order valence-corrected chi connectivity index (χ3v) is 4.15. The number of benzene rings is 2. The van der Waals surface area contributed by atoms with E-state index in [9.17, 15) is 5.11 Å². The van der Waals surface area contributed by atoms with Crippen molar-refractivity contribution in [3.8, 4) is 11.5 Å². The fourth-order valence-corrected chi connectivity index (χ4v) is 2.81. The number of rotatable bonds is 4. The topological polar surface area (TPSA) is 58.7 Å². The molecule has 0 bridgehead atoms. The molecule has 4 nitrogen and oxygen atoms in total. The largest absolute Gasteiger partial charge is 0.454 e. The van der Waals surface area contributed by atoms with Gasteiger partial charge in [-0.05, 0) is 31.0 Å². The lowest BCUT2D eigenvalue weighted by atomic mass is 10.1. The maximum absolute atomic E-state index is 15.0. The summed E-state index contributed by atoms with van der Waals surface area (Å²) in [6.45, 7) is 1.47. The fourth-order valence-electron chi connectivity index (χ4n) is 2.81. The van der Waals surface area contributed by atoms with E-state index in [2.05, 4.69) is 0 Å². The molecule has 122 valence electrons. The minimum Gasteiger partial charge on any atom is -0.454 e. The molecule has 5 heteroatoms. The molecule has 0 spiro atoms. The third kappa shape index (κ3) is 3.46. The fraction of sp³-hybridized carbons (Fsp3) is 0.333. The first-order valence-electron chi connectivity index (χ1n) is 7.86. The van der Waals surface area contributed by atoms with Gasteiger partial charge in [0.15, 0.2) is 11.6 Å². The quantitative estimate of drug-likeness (QED) is 0.910. The second-order valence-corrected chi connectivity index (χ2v) is 5.72. The van der Waals surface area contributed by atoms with Crippen molar-refractivity contribution in [3.05, 3.63) is 53.8 Å². The summed E-state index contributed by atoms with van der Waals surface area (Å²) in [7, 11) is 0. The predicted octanol–water partition coefficient (Wildman–Crippen LogP) is 3.04. The molecule has 0 saturated carbocycles. The highest BCUT2D eigenvalue weighted by Gasteiger charge is 2.23. The molecule has 3 N–H and O–H groups in total. The van der Waals surface area contributed by atoms with Crippen LogP contribution in [0.4, 0.5) is 10.1 Å². The highest BCUT2D eigenvalue weighted by molar-refractivity contribution is 5.56. The highest BCUT2D eigenvalue weighted by Crippen LogP contribution is 2.35. The summed E-state index contributed by atoms with van der Waals surface area (Å²) in [4.78, 5) is 1.94. The molecule has 0 aliphatic carbocycles. The van der Waals surface area contributed by atoms with Crippen LogP contribution in [-0.4, -0.2) is 24.3 Å². The maximum Gasteiger partial charge on any atom is 0.189 e. The van der Waals surface area contributed by atoms with Gasteiger partial charge in [-0.1, -0.05) is 24.3 Å². The molecule has 0 amide bonds. The molecule has 0 unspecified atom stereocenters. The molecule has 1 aliphatic heterocycles. The van der Waals surface area contributed by atoms with Crippen LogP contribution in [-0.2, 0) is 6.54 Å². The van der Waals surface area contributed by atoms with Crippen LogP contribution >= 0.6 is 0 Å². The molecule has 2 aromatic rings. The first-order chi connectivity index (χ1) is 11.2. The standard InChI is InChI=1S/C18H21FN2O2/c19-17-16(21-10-8-14(22)9-11-21)7-6-13(12-20)18(17)23-15-4-2-1-3-5-15/h1-7,14,22H,8-12,20H2. The van der Waals surface area contributed by atoms with Gasteiger partial charge in [-0.25, -0.2) is 4.39 Å². The van der Waals surface area contributed by atoms with Crippen LogP contribution in [0.5, 0.6) is 11.5 Å². The summed E-state index contributed by atoms with van der Waals surface area (Å²) in [5.41, 5.74) is 6.86. The van der Waals surface area contributed by atoms with Crippen molar-refractivity contribution in [3.63, 3.8) is 0 Å². The Morgan fingerprint density at radius 1 is 1.13 bits per heavy atom. The summed E-state index contributed by atoms with van der Waals surface area (Å²) in [5, 5.41) is 9.61. The predicted molar refractivity (Wildman–Crippen MR) is 88.3 cm³/mol. The molecule has 3 rings (SSSR count). The number of para-hydroxylation sites is 1. The van der Waals surface area contributed by atoms with Crippen molar-refractivity contribution in [2.24, 2.45) is 5.73 Å². The Labute approximate surface area is 135 Å². The van der Waals surface area contributed by atoms with Crippen LogP contribution in [0.15, 0.2) is 42.5 Å². The minimum absolute atomic E-state index is 0.183. The van der Waals surface area contributed by atoms with Gasteiger partial charge < -0.3 is 20.5 Å². The Balaban J connectivity index is 1.92. The SMILES string of the molecule is NCc1ccc(N2CCC(O)CC2)c(F)c1Oc1ccccc1. The molecular formula is C18H21FN2O2. The summed E-state index contributed by atoms with van der Waals surface area (Å²) in [6.07, 6.45) is 0.998. The van der Waals surface area contributed by atoms with Crippen molar-refractivity contribution >= 4 is 5.69 Å². The van der Waals surface area contributed by atoms with Gasteiger partial charge >= 0.3 is 0 Å². The smallest absolute Gasteiger partial charge is 0.189 e. The van der Waals surface area contributed by atoms with Crippen molar-refractivity contribution in [1.82, 2.24) is 0 Å². The number of hydrogen-bond acceptors (Lipinski definition) is 4. The second kappa shape index (κ2) is 6.98. The number of nitrogens with two attached hydrogens (primary N) is 1. The Bertz CT molecular complexity index is 656. The lowest BCUT2D eigenvalue weighted by Gasteiger charge is -2.32. The van der Waals surface area contributed by atoms with E-state index in [4.69, 9.17) is 10.5 Å². The zero-order chi connectivity index (χ0) is 16.2. The highest BCUT2D eigenvalue weighted by atomic mass is 19.1. The van der Waals surface area contributed by atoms with Gasteiger partial charge in [0.25, 0.3) is 0 Å². The summed E-state index contributed by atoms with van der Waals surface area (Å²) < 4.78 is 20.8. The molecule has 0 radical (unpaired) electrons. The van der Waals surface area contributed by atoms with Gasteiger partial charge in [0.2, 0.25) is 0 Å². The zero-order valence-corrected chi connectivity index (χ0v) is 12.9. The molecule has 0 atom stereocenters. The van der Waals surface area contributed by atoms with E-state index >= 15 is 4.39 Å². The monoisotopic (exact) mass is 316 g/mol. The number of aliphatic hydroxyl groups excluding tert-OH is 1. The van der Waals surface area contributed by atoms with E-state index < -0.39 is 5.82 Å². The van der Waals surface area contributed by atoms with Crippen LogP contribution < -0.4 is 15.4 Å². The van der Waals surface area contributed by atoms with E-state index in [-0.39, 0.29) is 18.4 Å². The van der Waals surface area contributed by atoms with Gasteiger partial charge in [-0.2, -0.15) is 0 Å². The van der Waals surface area contributed by atoms with Crippen LogP contribution in [0, 0.1) is 5.82 Å². The van der Waals surface area contributed by atoms with E-state index in [1.54, 1.807) is 18.2 Å². The molecule has 23 heavy (non-hydrogen) atoms. The maximum atomic E-state index is 15.0. The molecule has 1 heterocycles. The number of nitrogens with zero attached hydrogens (tertiary/aromatic N) is 1. The molecular weight excluding hydrogens is 295 g/mol. The molecule has 2 aromatic carbocycles. The van der Waals surface area contributed by atoms with Crippen LogP contribution in [0.1, 0.15) is 18.4 Å². The van der Waals surface area contributed by atoms with Crippen LogP contribution in [0.25, 0.3) is 0 Å². The van der Waals surface area contributed by atoms with Crippen LogP contribution in [0.3, 0.4) is 0 Å². The lowest BCUT2D eigenvalue weighted by Crippen LogP contribution is -2.36. The van der Waals surface area contributed by atoms with E-state index in [0.29, 0.717) is 42.9 Å². The Morgan fingerprint density at radius 3 is 2.48 bits per heavy atom. The summed E-state index contributed by atoms with van der Waals surface area (Å²) in [6, 6.07) is 12.7. The van der Waals surface area contributed by atoms with Crippen molar-refractivity contribution < 1.29 is 14.2 Å². The normalized spacial score (nSPS) is 15.7.